The maximum atomic E-state index is 10.2. The first-order valence-corrected chi connectivity index (χ1v) is 6.62. The fourth-order valence-corrected chi connectivity index (χ4v) is 3.24. The number of phenols is 1. The fraction of sp³-hybridized carbons (Fsp3) is 0.118. The average molecular weight is 262 g/mol. The third-order valence-electron chi connectivity index (χ3n) is 4.15. The van der Waals surface area contributed by atoms with Crippen molar-refractivity contribution in [2.45, 2.75) is 6.92 Å². The second-order valence-electron chi connectivity index (χ2n) is 5.22. The third kappa shape index (κ3) is 1.27. The van der Waals surface area contributed by atoms with Gasteiger partial charge in [0.15, 0.2) is 0 Å². The maximum Gasteiger partial charge on any atom is 0.125 e. The van der Waals surface area contributed by atoms with Gasteiger partial charge in [-0.3, -0.25) is 4.98 Å². The molecule has 0 radical (unpaired) electrons. The number of aromatic hydroxyl groups is 1. The molecule has 2 aromatic heterocycles. The minimum atomic E-state index is 0.329. The molecule has 0 amide bonds. The molecule has 3 nitrogen and oxygen atoms in total. The van der Waals surface area contributed by atoms with E-state index in [2.05, 4.69) is 22.5 Å². The van der Waals surface area contributed by atoms with Gasteiger partial charge in [-0.1, -0.05) is 6.07 Å². The van der Waals surface area contributed by atoms with Gasteiger partial charge in [-0.05, 0) is 42.1 Å². The van der Waals surface area contributed by atoms with Crippen LogP contribution in [-0.2, 0) is 7.05 Å². The molecule has 98 valence electrons. The predicted octanol–water partition coefficient (Wildman–Crippen LogP) is 3.89. The van der Waals surface area contributed by atoms with E-state index < -0.39 is 0 Å². The molecule has 0 aliphatic rings. The van der Waals surface area contributed by atoms with Gasteiger partial charge in [0.2, 0.25) is 0 Å². The van der Waals surface area contributed by atoms with E-state index in [4.69, 9.17) is 0 Å². The van der Waals surface area contributed by atoms with E-state index in [9.17, 15) is 5.11 Å². The summed E-state index contributed by atoms with van der Waals surface area (Å²) in [5.41, 5.74) is 3.43. The van der Waals surface area contributed by atoms with Gasteiger partial charge in [0.1, 0.15) is 5.75 Å². The van der Waals surface area contributed by atoms with Gasteiger partial charge in [0.05, 0.1) is 11.0 Å². The van der Waals surface area contributed by atoms with E-state index in [1.54, 1.807) is 6.07 Å². The lowest BCUT2D eigenvalue weighted by Gasteiger charge is -2.06. The highest BCUT2D eigenvalue weighted by atomic mass is 16.3. The zero-order valence-corrected chi connectivity index (χ0v) is 11.4. The minimum absolute atomic E-state index is 0.329. The lowest BCUT2D eigenvalue weighted by atomic mass is 10.0. The highest BCUT2D eigenvalue weighted by Gasteiger charge is 2.15. The first-order chi connectivity index (χ1) is 9.68. The molecule has 0 spiro atoms. The van der Waals surface area contributed by atoms with Crippen LogP contribution in [-0.4, -0.2) is 14.7 Å². The lowest BCUT2D eigenvalue weighted by molar-refractivity contribution is 0.482. The third-order valence-corrected chi connectivity index (χ3v) is 4.15. The van der Waals surface area contributed by atoms with Crippen LogP contribution < -0.4 is 0 Å². The number of pyridine rings is 1. The Morgan fingerprint density at radius 3 is 2.85 bits per heavy atom. The normalized spacial score (nSPS) is 11.7. The Morgan fingerprint density at radius 2 is 2.00 bits per heavy atom. The van der Waals surface area contributed by atoms with Gasteiger partial charge in [0.25, 0.3) is 0 Å². The number of nitrogens with zero attached hydrogens (tertiary/aromatic N) is 2. The molecule has 0 aliphatic carbocycles. The largest absolute Gasteiger partial charge is 0.507 e. The molecular formula is C17H14N2O. The summed E-state index contributed by atoms with van der Waals surface area (Å²) in [6.45, 7) is 2.13. The van der Waals surface area contributed by atoms with E-state index in [0.29, 0.717) is 5.75 Å². The fourth-order valence-electron chi connectivity index (χ4n) is 3.24. The number of aryl methyl sites for hydroxylation is 2. The van der Waals surface area contributed by atoms with Crippen LogP contribution in [0.5, 0.6) is 5.75 Å². The quantitative estimate of drug-likeness (QED) is 0.522. The molecule has 4 aromatic rings. The minimum Gasteiger partial charge on any atom is -0.507 e. The second kappa shape index (κ2) is 3.73. The summed E-state index contributed by atoms with van der Waals surface area (Å²) in [6, 6.07) is 9.82. The molecule has 3 heteroatoms. The van der Waals surface area contributed by atoms with Gasteiger partial charge in [-0.25, -0.2) is 0 Å². The second-order valence-corrected chi connectivity index (χ2v) is 5.22. The number of aromatic nitrogens is 2. The average Bonchev–Trinajstić information content (AvgIpc) is 2.74. The topological polar surface area (TPSA) is 38.1 Å². The van der Waals surface area contributed by atoms with Gasteiger partial charge in [-0.2, -0.15) is 0 Å². The number of hydrogen-bond acceptors (Lipinski definition) is 2. The van der Waals surface area contributed by atoms with Crippen LogP contribution in [0.2, 0.25) is 0 Å². The Labute approximate surface area is 116 Å². The van der Waals surface area contributed by atoms with Gasteiger partial charge >= 0.3 is 0 Å². The van der Waals surface area contributed by atoms with Crippen LogP contribution in [0.4, 0.5) is 0 Å². The van der Waals surface area contributed by atoms with Crippen molar-refractivity contribution in [1.29, 1.82) is 0 Å². The van der Waals surface area contributed by atoms with E-state index in [1.807, 2.05) is 37.6 Å². The molecule has 0 saturated carbocycles. The van der Waals surface area contributed by atoms with Crippen LogP contribution in [0.1, 0.15) is 5.56 Å². The molecule has 20 heavy (non-hydrogen) atoms. The molecule has 0 atom stereocenters. The number of fused-ring (bicyclic) bond motifs is 4. The summed E-state index contributed by atoms with van der Waals surface area (Å²) in [5.74, 6) is 0.329. The molecule has 1 N–H and O–H groups in total. The SMILES string of the molecule is Cc1c2ccncc2cc2c3c(O)cccc3n(C)c12. The van der Waals surface area contributed by atoms with Crippen molar-refractivity contribution in [2.75, 3.05) is 0 Å². The van der Waals surface area contributed by atoms with Crippen molar-refractivity contribution >= 4 is 32.6 Å². The summed E-state index contributed by atoms with van der Waals surface area (Å²) >= 11 is 0. The molecule has 0 unspecified atom stereocenters. The number of rotatable bonds is 0. The molecule has 0 saturated heterocycles. The first kappa shape index (κ1) is 11.3. The van der Waals surface area contributed by atoms with Crippen molar-refractivity contribution in [2.24, 2.45) is 7.05 Å². The molecule has 2 heterocycles. The Kier molecular flexibility index (Phi) is 2.11. The van der Waals surface area contributed by atoms with Crippen LogP contribution in [0.15, 0.2) is 42.7 Å². The summed E-state index contributed by atoms with van der Waals surface area (Å²) < 4.78 is 2.15. The Morgan fingerprint density at radius 1 is 1.15 bits per heavy atom. The van der Waals surface area contributed by atoms with Gasteiger partial charge < -0.3 is 9.67 Å². The standard InChI is InChI=1S/C17H14N2O/c1-10-12-6-7-18-9-11(12)8-13-16-14(19(2)17(10)13)4-3-5-15(16)20/h3-9,20H,1-2H3. The number of hydrogen-bond donors (Lipinski definition) is 1. The van der Waals surface area contributed by atoms with Crippen molar-refractivity contribution in [3.05, 3.63) is 48.3 Å². The van der Waals surface area contributed by atoms with Crippen LogP contribution in [0.25, 0.3) is 32.6 Å². The smallest absolute Gasteiger partial charge is 0.125 e. The van der Waals surface area contributed by atoms with Crippen LogP contribution in [0.3, 0.4) is 0 Å². The summed E-state index contributed by atoms with van der Waals surface area (Å²) in [7, 11) is 2.05. The summed E-state index contributed by atoms with van der Waals surface area (Å²) in [6.07, 6.45) is 3.70. The van der Waals surface area contributed by atoms with Gasteiger partial charge in [-0.15, -0.1) is 0 Å². The summed E-state index contributed by atoms with van der Waals surface area (Å²) in [5, 5.41) is 14.5. The zero-order valence-electron chi connectivity index (χ0n) is 11.4. The molecule has 0 bridgehead atoms. The highest BCUT2D eigenvalue weighted by Crippen LogP contribution is 2.38. The van der Waals surface area contributed by atoms with Crippen molar-refractivity contribution in [3.63, 3.8) is 0 Å². The molecule has 0 aliphatic heterocycles. The molecule has 4 rings (SSSR count). The highest BCUT2D eigenvalue weighted by molar-refractivity contribution is 6.16. The molecule has 2 aromatic carbocycles. The van der Waals surface area contributed by atoms with Crippen molar-refractivity contribution in [1.82, 2.24) is 9.55 Å². The number of phenolic OH excluding ortho intramolecular Hbond substituents is 1. The molecule has 0 fully saturated rings. The van der Waals surface area contributed by atoms with Gasteiger partial charge in [0, 0.05) is 35.6 Å². The molecular weight excluding hydrogens is 248 g/mol. The zero-order chi connectivity index (χ0) is 13.9. The van der Waals surface area contributed by atoms with E-state index in [-0.39, 0.29) is 0 Å². The number of benzene rings is 2. The van der Waals surface area contributed by atoms with E-state index >= 15 is 0 Å². The monoisotopic (exact) mass is 262 g/mol. The summed E-state index contributed by atoms with van der Waals surface area (Å²) in [4.78, 5) is 4.20. The van der Waals surface area contributed by atoms with Crippen molar-refractivity contribution in [3.8, 4) is 5.75 Å². The van der Waals surface area contributed by atoms with E-state index in [0.717, 1.165) is 21.7 Å². The Bertz CT molecular complexity index is 983. The first-order valence-electron chi connectivity index (χ1n) is 6.62. The van der Waals surface area contributed by atoms with Crippen LogP contribution >= 0.6 is 0 Å². The van der Waals surface area contributed by atoms with Crippen LogP contribution in [0, 0.1) is 6.92 Å². The Hall–Kier alpha value is -2.55. The Balaban J connectivity index is 2.39. The lowest BCUT2D eigenvalue weighted by Crippen LogP contribution is -1.90. The predicted molar refractivity (Wildman–Crippen MR) is 82.1 cm³/mol. The maximum absolute atomic E-state index is 10.2. The van der Waals surface area contributed by atoms with E-state index in [1.165, 1.54) is 16.5 Å². The van der Waals surface area contributed by atoms with Crippen molar-refractivity contribution < 1.29 is 5.11 Å².